The smallest absolute Gasteiger partial charge is 0.394 e. The van der Waals surface area contributed by atoms with Crippen LogP contribution in [-0.4, -0.2) is 331 Å². The lowest BCUT2D eigenvalue weighted by Crippen LogP contribution is -2.73. The van der Waals surface area contributed by atoms with Crippen molar-refractivity contribution in [2.24, 2.45) is 0 Å². The van der Waals surface area contributed by atoms with Crippen molar-refractivity contribution in [2.45, 2.75) is 451 Å². The zero-order valence-electron chi connectivity index (χ0n) is 90.7. The standard InChI is InChI=1S/C105H173N7O36P2/c1-58(2)31-21-32-59(3)33-22-34-60(4)35-23-36-61(5)37-24-38-62(6)39-25-40-63(7)41-26-42-64(8)43-27-44-65(9)45-28-46-66(10)47-29-48-67(11)49-30-50-68(12)51-52-135-149(131,132)148-150(133,134)147-105-88(112-76(20)124)99(82(69(13)136-105)106-70(14)118)146-104-87(111-75(19)123)94(130)98(81(57-117)141-104)145-103-86(110-74(18)122)93(129)97(80(56-116)140-103)144-102-85(109-73(17)121)92(128)96(79(55-115)139-102)143-101-84(108-72(16)120)91(127)95(78(54-114)138-101)142-100-83(107-71(15)119)90(126)89(125)77(53-113)137-100/h31,33,35,37,39,41,43,45,47,49,51,69,77-105,113-117,125-130H,21-30,32,34,36,38,40,42,44,46,48,50,52-57H2,1-20H3,(H,106,118)(H,107,119)(H,108,120)(H,109,121)(H,110,122)(H,111,123)(H,112,124)(H,131,132)(H,133,134)/b59-33+,60-35+,61-37+,62-39-,63-41-,64-43-,65-45-,66-47-,67-49-,68-51-/t69-,77-,78-,79-,80-,81-,82-,83-,84-,85-,86-,87-,88-,89+,90-,91-,92-,93-,94-,95+,96+,97+,98+,99+,100+,101-,102+,103-,104-,105-/m1/s1. The van der Waals surface area contributed by atoms with Crippen LogP contribution in [0.1, 0.15) is 267 Å². The van der Waals surface area contributed by atoms with Gasteiger partial charge in [-0.25, -0.2) is 9.13 Å². The molecule has 20 N–H and O–H groups in total. The molecule has 0 aromatic carbocycles. The molecule has 2 unspecified atom stereocenters. The number of amides is 7. The maximum absolute atomic E-state index is 14.0. The Morgan fingerprint density at radius 1 is 0.260 bits per heavy atom. The molecule has 45 heteroatoms. The Balaban J connectivity index is 1.01. The van der Waals surface area contributed by atoms with Crippen molar-refractivity contribution in [3.05, 3.63) is 128 Å². The van der Waals surface area contributed by atoms with Crippen molar-refractivity contribution in [2.75, 3.05) is 39.6 Å². The van der Waals surface area contributed by atoms with Gasteiger partial charge in [0.15, 0.2) is 37.7 Å². The first-order chi connectivity index (χ1) is 70.7. The SMILES string of the molecule is CC(=O)N[C@H]1[C@H](O[C@@H]2[C@H](O)[C@@H](NC(C)=O)[C@@H](O[C@@H]3[C@H](O)[C@@H](NC(C)=O)[C@@H](O[C@@H]4[C@@H](NC(C)=O)[C@@H](OP(=O)(O)OP(=O)(O)OC/C=C(/C)CC/C=C(/C)CC/C=C(/C)CC/C=C(/C)CC/C=C(/C)CC/C=C(/C)CC/C=C(/C)CC/C=C(\C)CC/C=C(\C)CC/C=C(\C)CCC=C(C)C)O[C@H](C)[C@H]4NC(C)=O)O[C@@H]3CO)O[C@@H]2CO)O[C@H](CO)[C@H](O[C@H]2O[C@H](CO)[C@H](O[C@@H]3O[C@H](CO)[C@H](O)[C@H](O)[C@H]3NC(C)=O)[C@H](O)[C@H]2NC(C)=O)[C@@H]1O. The number of carbonyl (C=O) groups excluding carboxylic acids is 7. The number of rotatable bonds is 59. The second-order valence-electron chi connectivity index (χ2n) is 40.5. The minimum absolute atomic E-state index is 0.522. The molecule has 6 aliphatic rings. The van der Waals surface area contributed by atoms with Crippen molar-refractivity contribution in [1.29, 1.82) is 0 Å². The minimum atomic E-state index is -5.87. The number of ether oxygens (including phenoxy) is 11. The Kier molecular flexibility index (Phi) is 57.6. The van der Waals surface area contributed by atoms with Gasteiger partial charge >= 0.3 is 15.6 Å². The molecule has 0 aromatic heterocycles. The summed E-state index contributed by atoms with van der Waals surface area (Å²) in [6.07, 6.45) is 1.37. The third-order valence-electron chi connectivity index (χ3n) is 26.7. The first-order valence-corrected chi connectivity index (χ1v) is 54.8. The van der Waals surface area contributed by atoms with E-state index in [1.165, 1.54) is 68.7 Å². The summed E-state index contributed by atoms with van der Waals surface area (Å²) >= 11 is 0. The summed E-state index contributed by atoms with van der Waals surface area (Å²) in [7, 11) is -11.4. The molecular weight excluding hydrogens is 2000 g/mol. The zero-order valence-corrected chi connectivity index (χ0v) is 92.4. The molecule has 6 saturated heterocycles. The van der Waals surface area contributed by atoms with E-state index in [1.807, 2.05) is 6.92 Å². The number of aliphatic hydroxyl groups is 11. The van der Waals surface area contributed by atoms with E-state index in [9.17, 15) is 109 Å². The predicted octanol–water partition coefficient (Wildman–Crippen LogP) is 7.42. The zero-order chi connectivity index (χ0) is 112. The number of carbonyl (C=O) groups is 7. The number of phosphoric acid groups is 2. The van der Waals surface area contributed by atoms with Crippen molar-refractivity contribution < 1.29 is 174 Å². The topological polar surface area (TPSA) is 630 Å². The van der Waals surface area contributed by atoms with Gasteiger partial charge in [-0.15, -0.1) is 0 Å². The number of aliphatic hydroxyl groups excluding tert-OH is 11. The van der Waals surface area contributed by atoms with Gasteiger partial charge in [0.2, 0.25) is 41.4 Å². The van der Waals surface area contributed by atoms with Crippen molar-refractivity contribution >= 4 is 57.0 Å². The van der Waals surface area contributed by atoms with Crippen LogP contribution in [0.15, 0.2) is 128 Å². The Morgan fingerprint density at radius 3 is 0.713 bits per heavy atom. The molecule has 0 radical (unpaired) electrons. The van der Waals surface area contributed by atoms with Crippen LogP contribution in [0, 0.1) is 0 Å². The van der Waals surface area contributed by atoms with Gasteiger partial charge in [-0.05, 0) is 218 Å². The molecule has 854 valence electrons. The van der Waals surface area contributed by atoms with Crippen LogP contribution in [0.4, 0.5) is 0 Å². The van der Waals surface area contributed by atoms with Crippen molar-refractivity contribution in [1.82, 2.24) is 37.2 Å². The van der Waals surface area contributed by atoms with E-state index in [-0.39, 0.29) is 0 Å². The van der Waals surface area contributed by atoms with Crippen LogP contribution < -0.4 is 37.2 Å². The Bertz CT molecular complexity index is 4750. The molecule has 0 bridgehead atoms. The van der Waals surface area contributed by atoms with E-state index in [2.05, 4.69) is 167 Å². The van der Waals surface area contributed by atoms with Gasteiger partial charge in [0.05, 0.1) is 51.8 Å². The molecule has 7 amide bonds. The molecule has 6 rings (SSSR count). The number of nitrogens with one attached hydrogen (secondary N) is 7. The molecule has 0 spiro atoms. The lowest BCUT2D eigenvalue weighted by molar-refractivity contribution is -0.369. The van der Waals surface area contributed by atoms with E-state index >= 15 is 0 Å². The Hall–Kier alpha value is -7.19. The summed E-state index contributed by atoms with van der Waals surface area (Å²) < 4.78 is 110. The highest BCUT2D eigenvalue weighted by Crippen LogP contribution is 2.61. The highest BCUT2D eigenvalue weighted by molar-refractivity contribution is 7.61. The van der Waals surface area contributed by atoms with Gasteiger partial charge in [0, 0.05) is 48.5 Å². The van der Waals surface area contributed by atoms with Crippen LogP contribution in [0.25, 0.3) is 0 Å². The Morgan fingerprint density at radius 2 is 0.473 bits per heavy atom. The highest BCUT2D eigenvalue weighted by atomic mass is 31.3. The molecule has 6 fully saturated rings. The fourth-order valence-corrected chi connectivity index (χ4v) is 20.6. The molecule has 0 aromatic rings. The van der Waals surface area contributed by atoms with Gasteiger partial charge in [-0.3, -0.25) is 42.6 Å². The van der Waals surface area contributed by atoms with Gasteiger partial charge in [0.25, 0.3) is 0 Å². The fraction of sp³-hybridized carbons (Fsp3) is 0.724. The van der Waals surface area contributed by atoms with Crippen LogP contribution in [0.2, 0.25) is 0 Å². The summed E-state index contributed by atoms with van der Waals surface area (Å²) in [5, 5.41) is 142. The van der Waals surface area contributed by atoms with Crippen LogP contribution >= 0.6 is 15.6 Å². The average Bonchev–Trinajstić information content (AvgIpc) is 0.758. The van der Waals surface area contributed by atoms with Gasteiger partial charge in [-0.1, -0.05) is 128 Å². The predicted molar refractivity (Wildman–Crippen MR) is 554 cm³/mol. The summed E-state index contributed by atoms with van der Waals surface area (Å²) in [5.74, 6) is -5.92. The molecule has 6 aliphatic heterocycles. The quantitative estimate of drug-likeness (QED) is 0.0208. The largest absolute Gasteiger partial charge is 0.483 e. The molecule has 0 aliphatic carbocycles. The highest BCUT2D eigenvalue weighted by Gasteiger charge is 2.60. The van der Waals surface area contributed by atoms with E-state index in [4.69, 9.17) is 65.5 Å². The Labute approximate surface area is 882 Å². The maximum Gasteiger partial charge on any atom is 0.483 e. The molecule has 0 saturated carbocycles. The third kappa shape index (κ3) is 44.5. The number of hydrogen-bond donors (Lipinski definition) is 20. The number of hydrogen-bond acceptors (Lipinski definition) is 34. The molecule has 32 atom stereocenters. The maximum atomic E-state index is 14.0. The minimum Gasteiger partial charge on any atom is -0.394 e. The lowest BCUT2D eigenvalue weighted by Gasteiger charge is -2.52. The van der Waals surface area contributed by atoms with Crippen molar-refractivity contribution in [3.8, 4) is 0 Å². The molecular formula is C105H173N7O36P2. The van der Waals surface area contributed by atoms with Crippen LogP contribution in [0.3, 0.4) is 0 Å². The fourth-order valence-electron chi connectivity index (χ4n) is 18.5. The van der Waals surface area contributed by atoms with Gasteiger partial charge < -0.3 is 155 Å². The number of phosphoric ester groups is 2. The number of allylic oxidation sites excluding steroid dienone is 21. The van der Waals surface area contributed by atoms with E-state index in [1.54, 1.807) is 6.92 Å². The monoisotopic (exact) mass is 2170 g/mol. The summed E-state index contributed by atoms with van der Waals surface area (Å²) in [6.45, 7) is 28.6. The molecule has 6 heterocycles. The van der Waals surface area contributed by atoms with E-state index < -0.39 is 280 Å². The second kappa shape index (κ2) is 65.7. The second-order valence-corrected chi connectivity index (χ2v) is 43.5. The first kappa shape index (κ1) is 131. The van der Waals surface area contributed by atoms with Crippen molar-refractivity contribution in [3.63, 3.8) is 0 Å². The summed E-state index contributed by atoms with van der Waals surface area (Å²) in [5.41, 5.74) is 14.8. The molecule has 43 nitrogen and oxygen atoms in total. The average molecular weight is 2170 g/mol. The normalized spacial score (nSPS) is 32.2. The summed E-state index contributed by atoms with van der Waals surface area (Å²) in [6, 6.07) is -12.3. The summed E-state index contributed by atoms with van der Waals surface area (Å²) in [4.78, 5) is 113. The third-order valence-corrected chi connectivity index (χ3v) is 29.3. The van der Waals surface area contributed by atoms with Gasteiger partial charge in [-0.2, -0.15) is 4.31 Å². The molecule has 150 heavy (non-hydrogen) atoms. The van der Waals surface area contributed by atoms with E-state index in [0.29, 0.717) is 12.8 Å². The van der Waals surface area contributed by atoms with Crippen LogP contribution in [-0.2, 0) is 108 Å². The van der Waals surface area contributed by atoms with Crippen LogP contribution in [0.5, 0.6) is 0 Å². The van der Waals surface area contributed by atoms with E-state index in [0.717, 1.165) is 170 Å². The lowest BCUT2D eigenvalue weighted by atomic mass is 9.92. The van der Waals surface area contributed by atoms with Gasteiger partial charge in [0.1, 0.15) is 134 Å². The first-order valence-electron chi connectivity index (χ1n) is 51.9.